The largest absolute Gasteiger partial charge is 0.324 e. The molecule has 0 spiro atoms. The van der Waals surface area contributed by atoms with Gasteiger partial charge in [0, 0.05) is 6.04 Å². The number of hydrogen-bond acceptors (Lipinski definition) is 1. The maximum Gasteiger partial charge on any atom is 0.0230 e. The molecular weight excluding hydrogens is 86.1 g/mol. The molecule has 1 atom stereocenters. The summed E-state index contributed by atoms with van der Waals surface area (Å²) in [5.74, 6) is 0. The summed E-state index contributed by atoms with van der Waals surface area (Å²) in [5, 5.41) is 0. The summed E-state index contributed by atoms with van der Waals surface area (Å²) >= 11 is 0. The molecule has 0 heterocycles. The Morgan fingerprint density at radius 2 is 2.14 bits per heavy atom. The van der Waals surface area contributed by atoms with Gasteiger partial charge < -0.3 is 5.73 Å². The van der Waals surface area contributed by atoms with Crippen LogP contribution in [0.4, 0.5) is 0 Å². The fourth-order valence-electron chi connectivity index (χ4n) is 0.791. The molecule has 0 aromatic carbocycles. The highest BCUT2D eigenvalue weighted by Crippen LogP contribution is 2.31. The van der Waals surface area contributed by atoms with E-state index >= 15 is 0 Å². The van der Waals surface area contributed by atoms with E-state index in [0.29, 0.717) is 6.04 Å². The SMILES string of the molecule is CC1=C([C@@H](C)N)C1. The molecule has 0 radical (unpaired) electrons. The topological polar surface area (TPSA) is 26.0 Å². The lowest BCUT2D eigenvalue weighted by Gasteiger charge is -1.91. The number of allylic oxidation sites excluding steroid dienone is 1. The van der Waals surface area contributed by atoms with Crippen LogP contribution in [0.1, 0.15) is 20.3 Å². The predicted octanol–water partition coefficient (Wildman–Crippen LogP) is 1.05. The Bertz CT molecular complexity index is 111. The molecule has 1 nitrogen and oxygen atoms in total. The number of hydrogen-bond donors (Lipinski definition) is 1. The zero-order valence-corrected chi connectivity index (χ0v) is 4.86. The first-order chi connectivity index (χ1) is 3.22. The summed E-state index contributed by atoms with van der Waals surface area (Å²) in [6.45, 7) is 4.17. The highest BCUT2D eigenvalue weighted by atomic mass is 14.6. The molecule has 1 heteroatoms. The lowest BCUT2D eigenvalue weighted by atomic mass is 10.3. The normalized spacial score (nSPS) is 22.7. The molecule has 0 saturated carbocycles. The van der Waals surface area contributed by atoms with Crippen LogP contribution in [-0.2, 0) is 0 Å². The van der Waals surface area contributed by atoms with Crippen molar-refractivity contribution in [1.29, 1.82) is 0 Å². The first kappa shape index (κ1) is 4.85. The smallest absolute Gasteiger partial charge is 0.0230 e. The van der Waals surface area contributed by atoms with E-state index in [2.05, 4.69) is 6.92 Å². The molecule has 7 heavy (non-hydrogen) atoms. The van der Waals surface area contributed by atoms with Crippen LogP contribution in [0.15, 0.2) is 11.1 Å². The van der Waals surface area contributed by atoms with Crippen molar-refractivity contribution in [2.45, 2.75) is 26.3 Å². The molecule has 0 amide bonds. The van der Waals surface area contributed by atoms with Crippen LogP contribution in [-0.4, -0.2) is 6.04 Å². The molecule has 0 bridgehead atoms. The van der Waals surface area contributed by atoms with Crippen molar-refractivity contribution in [3.8, 4) is 0 Å². The molecule has 1 aliphatic rings. The quantitative estimate of drug-likeness (QED) is 0.486. The van der Waals surface area contributed by atoms with Gasteiger partial charge in [0.2, 0.25) is 0 Å². The Morgan fingerprint density at radius 3 is 2.14 bits per heavy atom. The number of rotatable bonds is 1. The third-order valence-electron chi connectivity index (χ3n) is 1.43. The first-order valence-corrected chi connectivity index (χ1v) is 2.66. The van der Waals surface area contributed by atoms with Crippen LogP contribution in [0.5, 0.6) is 0 Å². The van der Waals surface area contributed by atoms with Crippen LogP contribution in [0, 0.1) is 0 Å². The number of nitrogens with two attached hydrogens (primary N) is 1. The monoisotopic (exact) mass is 97.1 g/mol. The molecule has 40 valence electrons. The Kier molecular flexibility index (Phi) is 0.927. The standard InChI is InChI=1S/C6H11N/c1-4-3-6(4)5(2)7/h5H,3,7H2,1-2H3/t5-/m1/s1. The van der Waals surface area contributed by atoms with Crippen LogP contribution in [0.3, 0.4) is 0 Å². The lowest BCUT2D eigenvalue weighted by molar-refractivity contribution is 0.887. The minimum Gasteiger partial charge on any atom is -0.324 e. The zero-order valence-electron chi connectivity index (χ0n) is 4.86. The van der Waals surface area contributed by atoms with E-state index < -0.39 is 0 Å². The summed E-state index contributed by atoms with van der Waals surface area (Å²) in [6, 6.07) is 0.319. The Labute approximate surface area is 44.2 Å². The van der Waals surface area contributed by atoms with Gasteiger partial charge >= 0.3 is 0 Å². The Balaban J connectivity index is 2.45. The average Bonchev–Trinajstić information content (AvgIpc) is 2.17. The predicted molar refractivity (Wildman–Crippen MR) is 31.0 cm³/mol. The Hall–Kier alpha value is -0.300. The molecule has 0 saturated heterocycles. The molecule has 2 N–H and O–H groups in total. The van der Waals surface area contributed by atoms with E-state index in [9.17, 15) is 0 Å². The van der Waals surface area contributed by atoms with E-state index in [0.717, 1.165) is 0 Å². The second-order valence-electron chi connectivity index (χ2n) is 2.27. The van der Waals surface area contributed by atoms with Gasteiger partial charge in [0.25, 0.3) is 0 Å². The van der Waals surface area contributed by atoms with Crippen molar-refractivity contribution in [1.82, 2.24) is 0 Å². The molecule has 1 rings (SSSR count). The van der Waals surface area contributed by atoms with E-state index in [-0.39, 0.29) is 0 Å². The van der Waals surface area contributed by atoms with Gasteiger partial charge in [-0.1, -0.05) is 11.1 Å². The minimum atomic E-state index is 0.319. The summed E-state index contributed by atoms with van der Waals surface area (Å²) in [7, 11) is 0. The van der Waals surface area contributed by atoms with Crippen LogP contribution in [0.25, 0.3) is 0 Å². The molecule has 0 fully saturated rings. The van der Waals surface area contributed by atoms with Gasteiger partial charge in [-0.05, 0) is 20.3 Å². The first-order valence-electron chi connectivity index (χ1n) is 2.66. The van der Waals surface area contributed by atoms with Gasteiger partial charge in [0.15, 0.2) is 0 Å². The highest BCUT2D eigenvalue weighted by molar-refractivity contribution is 5.36. The van der Waals surface area contributed by atoms with Crippen molar-refractivity contribution in [2.75, 3.05) is 0 Å². The Morgan fingerprint density at radius 1 is 1.71 bits per heavy atom. The van der Waals surface area contributed by atoms with Crippen molar-refractivity contribution < 1.29 is 0 Å². The van der Waals surface area contributed by atoms with Crippen molar-refractivity contribution in [3.05, 3.63) is 11.1 Å². The fourth-order valence-corrected chi connectivity index (χ4v) is 0.791. The van der Waals surface area contributed by atoms with Gasteiger partial charge in [0.05, 0.1) is 0 Å². The molecule has 0 aromatic heterocycles. The van der Waals surface area contributed by atoms with Crippen LogP contribution < -0.4 is 5.73 Å². The van der Waals surface area contributed by atoms with Crippen LogP contribution in [0.2, 0.25) is 0 Å². The van der Waals surface area contributed by atoms with Crippen molar-refractivity contribution in [2.24, 2.45) is 5.73 Å². The third-order valence-corrected chi connectivity index (χ3v) is 1.43. The van der Waals surface area contributed by atoms with Gasteiger partial charge in [0.1, 0.15) is 0 Å². The van der Waals surface area contributed by atoms with Gasteiger partial charge in [-0.25, -0.2) is 0 Å². The molecule has 0 unspecified atom stereocenters. The second kappa shape index (κ2) is 1.34. The summed E-state index contributed by atoms with van der Waals surface area (Å²) < 4.78 is 0. The third kappa shape index (κ3) is 0.829. The molecular formula is C6H11N. The van der Waals surface area contributed by atoms with Gasteiger partial charge in [-0.15, -0.1) is 0 Å². The lowest BCUT2D eigenvalue weighted by Crippen LogP contribution is -2.12. The summed E-state index contributed by atoms with van der Waals surface area (Å²) in [5.41, 5.74) is 8.48. The maximum absolute atomic E-state index is 5.53. The maximum atomic E-state index is 5.53. The zero-order chi connectivity index (χ0) is 5.44. The fraction of sp³-hybridized carbons (Fsp3) is 0.667. The van der Waals surface area contributed by atoms with Crippen molar-refractivity contribution >= 4 is 0 Å². The van der Waals surface area contributed by atoms with Crippen LogP contribution >= 0.6 is 0 Å². The van der Waals surface area contributed by atoms with E-state index in [1.165, 1.54) is 17.6 Å². The van der Waals surface area contributed by atoms with E-state index in [1.807, 2.05) is 6.92 Å². The van der Waals surface area contributed by atoms with E-state index in [4.69, 9.17) is 5.73 Å². The van der Waals surface area contributed by atoms with Crippen molar-refractivity contribution in [3.63, 3.8) is 0 Å². The summed E-state index contributed by atoms with van der Waals surface area (Å²) in [4.78, 5) is 0. The molecule has 0 aromatic rings. The molecule has 1 aliphatic carbocycles. The second-order valence-corrected chi connectivity index (χ2v) is 2.27. The summed E-state index contributed by atoms with van der Waals surface area (Å²) in [6.07, 6.45) is 1.19. The van der Waals surface area contributed by atoms with Gasteiger partial charge in [-0.3, -0.25) is 0 Å². The highest BCUT2D eigenvalue weighted by Gasteiger charge is 2.18. The van der Waals surface area contributed by atoms with E-state index in [1.54, 1.807) is 0 Å². The average molecular weight is 97.2 g/mol. The molecule has 0 aliphatic heterocycles. The van der Waals surface area contributed by atoms with Gasteiger partial charge in [-0.2, -0.15) is 0 Å². The minimum absolute atomic E-state index is 0.319.